The third-order valence-corrected chi connectivity index (χ3v) is 3.81. The van der Waals surface area contributed by atoms with Crippen LogP contribution in [0.25, 0.3) is 0 Å². The molecule has 23 heavy (non-hydrogen) atoms. The SMILES string of the molecule is CC(C)(C)c1ccc(OC2=CC=CC=CC=C2)cc1C(C)(C)C. The maximum absolute atomic E-state index is 6.08. The van der Waals surface area contributed by atoms with Crippen LogP contribution in [0, 0.1) is 0 Å². The molecular formula is C22H28O. The fourth-order valence-electron chi connectivity index (χ4n) is 2.61. The van der Waals surface area contributed by atoms with Crippen molar-refractivity contribution in [2.75, 3.05) is 0 Å². The minimum atomic E-state index is 0.0791. The van der Waals surface area contributed by atoms with Crippen LogP contribution in [0.15, 0.2) is 66.5 Å². The van der Waals surface area contributed by atoms with Crippen LogP contribution in [0.1, 0.15) is 52.7 Å². The van der Waals surface area contributed by atoms with E-state index < -0.39 is 0 Å². The summed E-state index contributed by atoms with van der Waals surface area (Å²) in [5.41, 5.74) is 2.92. The maximum Gasteiger partial charge on any atom is 0.127 e. The van der Waals surface area contributed by atoms with Gasteiger partial charge in [-0.25, -0.2) is 0 Å². The molecule has 1 aliphatic rings. The van der Waals surface area contributed by atoms with Crippen LogP contribution < -0.4 is 4.74 Å². The first kappa shape index (κ1) is 17.3. The zero-order valence-corrected chi connectivity index (χ0v) is 15.2. The van der Waals surface area contributed by atoms with Crippen LogP contribution in [0.4, 0.5) is 0 Å². The summed E-state index contributed by atoms with van der Waals surface area (Å²) in [5, 5.41) is 0. The van der Waals surface area contributed by atoms with Crippen LogP contribution in [0.3, 0.4) is 0 Å². The predicted octanol–water partition coefficient (Wildman–Crippen LogP) is 6.23. The molecule has 1 aliphatic carbocycles. The van der Waals surface area contributed by atoms with E-state index in [4.69, 9.17) is 4.74 Å². The smallest absolute Gasteiger partial charge is 0.127 e. The van der Waals surface area contributed by atoms with E-state index in [9.17, 15) is 0 Å². The predicted molar refractivity (Wildman–Crippen MR) is 100.0 cm³/mol. The van der Waals surface area contributed by atoms with Gasteiger partial charge in [0.1, 0.15) is 11.5 Å². The van der Waals surface area contributed by atoms with Crippen molar-refractivity contribution in [2.24, 2.45) is 0 Å². The highest BCUT2D eigenvalue weighted by Gasteiger charge is 2.25. The number of benzene rings is 1. The summed E-state index contributed by atoms with van der Waals surface area (Å²) in [5.74, 6) is 1.73. The molecule has 0 radical (unpaired) electrons. The first-order valence-electron chi connectivity index (χ1n) is 8.22. The zero-order chi connectivity index (χ0) is 17.1. The van der Waals surface area contributed by atoms with Gasteiger partial charge in [-0.1, -0.05) is 78.0 Å². The van der Waals surface area contributed by atoms with Gasteiger partial charge in [0, 0.05) is 0 Å². The van der Waals surface area contributed by atoms with Gasteiger partial charge in [0.25, 0.3) is 0 Å². The molecule has 0 unspecified atom stereocenters. The Labute approximate surface area is 141 Å². The fraction of sp³-hybridized carbons (Fsp3) is 0.364. The highest BCUT2D eigenvalue weighted by atomic mass is 16.5. The highest BCUT2D eigenvalue weighted by Crippen LogP contribution is 2.36. The van der Waals surface area contributed by atoms with E-state index in [-0.39, 0.29) is 10.8 Å². The van der Waals surface area contributed by atoms with Gasteiger partial charge in [-0.15, -0.1) is 0 Å². The van der Waals surface area contributed by atoms with E-state index in [1.54, 1.807) is 0 Å². The van der Waals surface area contributed by atoms with Crippen molar-refractivity contribution in [3.63, 3.8) is 0 Å². The second-order valence-corrected chi connectivity index (χ2v) is 8.01. The quantitative estimate of drug-likeness (QED) is 0.629. The average Bonchev–Trinajstić information content (AvgIpc) is 2.39. The van der Waals surface area contributed by atoms with Gasteiger partial charge in [-0.05, 0) is 46.2 Å². The van der Waals surface area contributed by atoms with E-state index in [1.807, 2.05) is 42.5 Å². The molecule has 0 heterocycles. The second kappa shape index (κ2) is 6.62. The van der Waals surface area contributed by atoms with Crippen molar-refractivity contribution >= 4 is 0 Å². The van der Waals surface area contributed by atoms with Gasteiger partial charge in [-0.3, -0.25) is 0 Å². The Hall–Kier alpha value is -2.02. The van der Waals surface area contributed by atoms with Gasteiger partial charge in [0.15, 0.2) is 0 Å². The third kappa shape index (κ3) is 4.72. The van der Waals surface area contributed by atoms with Gasteiger partial charge in [0.2, 0.25) is 0 Å². The fourth-order valence-corrected chi connectivity index (χ4v) is 2.61. The molecule has 0 bridgehead atoms. The molecule has 0 N–H and O–H groups in total. The Kier molecular flexibility index (Phi) is 4.99. The molecule has 0 saturated heterocycles. The molecule has 1 aromatic carbocycles. The summed E-state index contributed by atoms with van der Waals surface area (Å²) in [6.07, 6.45) is 13.9. The average molecular weight is 308 g/mol. The van der Waals surface area contributed by atoms with Gasteiger partial charge in [0.05, 0.1) is 0 Å². The molecule has 2 rings (SSSR count). The lowest BCUT2D eigenvalue weighted by atomic mass is 9.75. The summed E-state index contributed by atoms with van der Waals surface area (Å²) >= 11 is 0. The summed E-state index contributed by atoms with van der Waals surface area (Å²) in [6, 6.07) is 6.47. The molecule has 1 aromatic rings. The molecular weight excluding hydrogens is 280 g/mol. The van der Waals surface area contributed by atoms with Gasteiger partial charge >= 0.3 is 0 Å². The minimum Gasteiger partial charge on any atom is -0.457 e. The van der Waals surface area contributed by atoms with Crippen molar-refractivity contribution in [3.8, 4) is 5.75 Å². The molecule has 0 aliphatic heterocycles. The normalized spacial score (nSPS) is 15.1. The molecule has 0 aromatic heterocycles. The first-order valence-corrected chi connectivity index (χ1v) is 8.22. The molecule has 0 fully saturated rings. The maximum atomic E-state index is 6.08. The number of hydrogen-bond acceptors (Lipinski definition) is 1. The van der Waals surface area contributed by atoms with Crippen molar-refractivity contribution in [3.05, 3.63) is 77.6 Å². The molecule has 0 saturated carbocycles. The topological polar surface area (TPSA) is 9.23 Å². The summed E-state index contributed by atoms with van der Waals surface area (Å²) in [4.78, 5) is 0. The largest absolute Gasteiger partial charge is 0.457 e. The Morgan fingerprint density at radius 1 is 0.696 bits per heavy atom. The third-order valence-electron chi connectivity index (χ3n) is 3.81. The standard InChI is InChI=1S/C22H28O/c1-21(2,3)19-15-14-18(16-20(19)22(4,5)6)23-17-12-10-8-7-9-11-13-17/h7-16H,1-6H3. The lowest BCUT2D eigenvalue weighted by Gasteiger charge is -2.30. The van der Waals surface area contributed by atoms with E-state index in [1.165, 1.54) is 11.1 Å². The van der Waals surface area contributed by atoms with Crippen LogP contribution >= 0.6 is 0 Å². The zero-order valence-electron chi connectivity index (χ0n) is 15.2. The highest BCUT2D eigenvalue weighted by molar-refractivity contribution is 5.44. The Balaban J connectivity index is 2.38. The monoisotopic (exact) mass is 308 g/mol. The molecule has 1 nitrogen and oxygen atoms in total. The van der Waals surface area contributed by atoms with Gasteiger partial charge in [-0.2, -0.15) is 0 Å². The molecule has 0 atom stereocenters. The van der Waals surface area contributed by atoms with E-state index in [0.717, 1.165) is 11.5 Å². The molecule has 122 valence electrons. The number of hydrogen-bond donors (Lipinski definition) is 0. The summed E-state index contributed by atoms with van der Waals surface area (Å²) in [7, 11) is 0. The number of rotatable bonds is 2. The van der Waals surface area contributed by atoms with Crippen molar-refractivity contribution in [1.29, 1.82) is 0 Å². The van der Waals surface area contributed by atoms with Crippen LogP contribution in [-0.4, -0.2) is 0 Å². The van der Waals surface area contributed by atoms with Crippen LogP contribution in [-0.2, 0) is 10.8 Å². The lowest BCUT2D eigenvalue weighted by molar-refractivity contribution is 0.439. The van der Waals surface area contributed by atoms with Gasteiger partial charge < -0.3 is 4.74 Å². The van der Waals surface area contributed by atoms with E-state index in [0.29, 0.717) is 0 Å². The van der Waals surface area contributed by atoms with Crippen LogP contribution in [0.5, 0.6) is 5.75 Å². The van der Waals surface area contributed by atoms with Crippen molar-refractivity contribution in [2.45, 2.75) is 52.4 Å². The van der Waals surface area contributed by atoms with Crippen molar-refractivity contribution < 1.29 is 4.74 Å². The lowest BCUT2D eigenvalue weighted by Crippen LogP contribution is -2.21. The first-order chi connectivity index (χ1) is 10.7. The Morgan fingerprint density at radius 2 is 1.30 bits per heavy atom. The number of ether oxygens (including phenoxy) is 1. The van der Waals surface area contributed by atoms with Crippen LogP contribution in [0.2, 0.25) is 0 Å². The summed E-state index contributed by atoms with van der Waals surface area (Å²) in [6.45, 7) is 13.5. The van der Waals surface area contributed by atoms with E-state index >= 15 is 0 Å². The number of allylic oxidation sites excluding steroid dienone is 7. The van der Waals surface area contributed by atoms with E-state index in [2.05, 4.69) is 59.7 Å². The summed E-state index contributed by atoms with van der Waals surface area (Å²) < 4.78 is 6.08. The Bertz CT molecular complexity index is 671. The second-order valence-electron chi connectivity index (χ2n) is 8.01. The molecule has 0 amide bonds. The molecule has 1 heteroatoms. The molecule has 0 spiro atoms. The Morgan fingerprint density at radius 3 is 1.96 bits per heavy atom. The minimum absolute atomic E-state index is 0.0791. The van der Waals surface area contributed by atoms with Crippen molar-refractivity contribution in [1.82, 2.24) is 0 Å².